The number of nitrogens with zero attached hydrogens (tertiary/aromatic N) is 7. The second kappa shape index (κ2) is 8.76. The van der Waals surface area contributed by atoms with E-state index in [1.807, 2.05) is 0 Å². The first-order valence-corrected chi connectivity index (χ1v) is 12.1. The Morgan fingerprint density at radius 1 is 1.55 bits per heavy atom. The highest BCUT2D eigenvalue weighted by molar-refractivity contribution is 8.22. The van der Waals surface area contributed by atoms with E-state index >= 15 is 0 Å². The number of carbonyl (C=O) groups is 3. The summed E-state index contributed by atoms with van der Waals surface area (Å²) in [4.78, 5) is 53.0. The van der Waals surface area contributed by atoms with Crippen LogP contribution in [0.5, 0.6) is 0 Å². The van der Waals surface area contributed by atoms with Gasteiger partial charge in [0.05, 0.1) is 5.69 Å². The van der Waals surface area contributed by atoms with Gasteiger partial charge in [-0.3, -0.25) is 14.5 Å². The lowest BCUT2D eigenvalue weighted by Gasteiger charge is -2.56. The van der Waals surface area contributed by atoms with Gasteiger partial charge >= 0.3 is 5.97 Å². The van der Waals surface area contributed by atoms with Gasteiger partial charge < -0.3 is 16.2 Å². The van der Waals surface area contributed by atoms with Crippen LogP contribution in [0, 0.1) is 4.91 Å². The van der Waals surface area contributed by atoms with E-state index in [1.54, 1.807) is 7.05 Å². The van der Waals surface area contributed by atoms with Gasteiger partial charge in [-0.25, -0.2) is 14.5 Å². The molecule has 4 N–H and O–H groups in total. The van der Waals surface area contributed by atoms with Gasteiger partial charge in [-0.15, -0.1) is 33.1 Å². The van der Waals surface area contributed by atoms with E-state index in [4.69, 9.17) is 18.0 Å². The van der Waals surface area contributed by atoms with Crippen LogP contribution < -0.4 is 11.1 Å². The summed E-state index contributed by atoms with van der Waals surface area (Å²) in [6.45, 7) is 0. The Hall–Kier alpha value is -2.96. The molecule has 33 heavy (non-hydrogen) atoms. The highest BCUT2D eigenvalue weighted by Crippen LogP contribution is 2.52. The van der Waals surface area contributed by atoms with E-state index in [9.17, 15) is 24.4 Å². The van der Waals surface area contributed by atoms with E-state index in [2.05, 4.69) is 31.0 Å². The molecule has 172 valence electrons. The lowest BCUT2D eigenvalue weighted by atomic mass is 10.0. The van der Waals surface area contributed by atoms with Crippen LogP contribution in [0.2, 0.25) is 0 Å². The Morgan fingerprint density at radius 3 is 2.85 bits per heavy atom. The Balaban J connectivity index is 1.69. The summed E-state index contributed by atoms with van der Waals surface area (Å²) in [6, 6.07) is -1.55. The third-order valence-electron chi connectivity index (χ3n) is 4.84. The third kappa shape index (κ3) is 3.67. The van der Waals surface area contributed by atoms with Gasteiger partial charge in [0.25, 0.3) is 11.8 Å². The number of carbonyl (C=O) groups excluding carboxylic acids is 2. The van der Waals surface area contributed by atoms with Crippen molar-refractivity contribution >= 4 is 80.3 Å². The molecule has 0 radical (unpaired) electrons. The first-order chi connectivity index (χ1) is 15.7. The molecule has 4 rings (SSSR count). The fourth-order valence-corrected chi connectivity index (χ4v) is 6.90. The van der Waals surface area contributed by atoms with Gasteiger partial charge in [0, 0.05) is 28.5 Å². The van der Waals surface area contributed by atoms with E-state index in [0.717, 1.165) is 28.0 Å². The monoisotopic (exact) mass is 527 g/mol. The van der Waals surface area contributed by atoms with Crippen LogP contribution in [0.15, 0.2) is 16.3 Å². The lowest BCUT2D eigenvalue weighted by Crippen LogP contribution is -2.78. The maximum absolute atomic E-state index is 13.3. The first kappa shape index (κ1) is 23.2. The maximum atomic E-state index is 13.3. The van der Waals surface area contributed by atoms with Crippen LogP contribution in [0.4, 0.5) is 5.13 Å². The van der Waals surface area contributed by atoms with Crippen molar-refractivity contribution in [3.8, 4) is 0 Å². The summed E-state index contributed by atoms with van der Waals surface area (Å²) in [5.41, 5.74) is 5.56. The van der Waals surface area contributed by atoms with Crippen LogP contribution >= 0.6 is 47.1 Å². The zero-order chi connectivity index (χ0) is 23.9. The number of fused-ring (bicyclic) bond motifs is 1. The van der Waals surface area contributed by atoms with Crippen molar-refractivity contribution in [3.63, 3.8) is 0 Å². The number of aromatic nitrogens is 5. The molecule has 0 aromatic carbocycles. The van der Waals surface area contributed by atoms with Gasteiger partial charge in [0.15, 0.2) is 11.0 Å². The fourth-order valence-electron chi connectivity index (χ4n) is 3.42. The number of nitroso groups, excluding NO2 is 1. The SMILES string of the molecule is Cn1nnnc1C1=C(C(=O)O)N2C(=O)C(NC(=O)C(N=O)c3csc(N)n3)(SC=S)[C@@H]2SC1. The normalized spacial score (nSPS) is 22.9. The van der Waals surface area contributed by atoms with Gasteiger partial charge in [-0.05, 0) is 15.6 Å². The van der Waals surface area contributed by atoms with Crippen molar-refractivity contribution in [1.82, 2.24) is 35.4 Å². The third-order valence-corrected chi connectivity index (χ3v) is 8.27. The number of tetrazole rings is 1. The standard InChI is InChI=1S/C15H13N9O5S4/c1-23-9(19-21-22-23)5-2-31-13-15(33-4-30,12(28)24(13)8(5)11(26)27)18-10(25)7(20-29)6-3-32-14(16)17-6/h3-4,7,13H,2H2,1H3,(H2,16,17)(H,18,25)(H,26,27)/t7?,13-,15?/m0/s1. The molecule has 3 atom stereocenters. The number of aliphatic carboxylic acids is 1. The number of nitrogens with two attached hydrogens (primary N) is 1. The Kier molecular flexibility index (Phi) is 6.16. The predicted octanol–water partition coefficient (Wildman–Crippen LogP) is -0.0298. The highest BCUT2D eigenvalue weighted by atomic mass is 32.2. The van der Waals surface area contributed by atoms with Crippen molar-refractivity contribution in [2.45, 2.75) is 16.3 Å². The molecule has 2 aromatic heterocycles. The number of thioether (sulfide) groups is 2. The van der Waals surface area contributed by atoms with Crippen molar-refractivity contribution < 1.29 is 19.5 Å². The summed E-state index contributed by atoms with van der Waals surface area (Å²) in [7, 11) is 1.54. The largest absolute Gasteiger partial charge is 0.477 e. The molecule has 14 nitrogen and oxygen atoms in total. The van der Waals surface area contributed by atoms with Crippen molar-refractivity contribution in [2.24, 2.45) is 12.2 Å². The predicted molar refractivity (Wildman–Crippen MR) is 124 cm³/mol. The fraction of sp³-hybridized carbons (Fsp3) is 0.333. The number of β-lactam (4-membered cyclic amide) rings is 1. The molecule has 0 bridgehead atoms. The summed E-state index contributed by atoms with van der Waals surface area (Å²) in [5.74, 6) is -2.65. The number of nitrogens with one attached hydrogen (secondary N) is 1. The molecule has 18 heteroatoms. The maximum Gasteiger partial charge on any atom is 0.353 e. The average Bonchev–Trinajstić information content (AvgIpc) is 3.40. The number of carboxylic acids is 1. The topological polar surface area (TPSA) is 199 Å². The number of anilines is 1. The smallest absolute Gasteiger partial charge is 0.353 e. The number of thiocarbonyl (C=S) groups is 1. The van der Waals surface area contributed by atoms with Gasteiger partial charge in [-0.1, -0.05) is 24.0 Å². The van der Waals surface area contributed by atoms with Crippen LogP contribution in [0.1, 0.15) is 17.6 Å². The van der Waals surface area contributed by atoms with E-state index in [-0.39, 0.29) is 33.7 Å². The highest BCUT2D eigenvalue weighted by Gasteiger charge is 2.66. The van der Waals surface area contributed by atoms with Gasteiger partial charge in [0.1, 0.15) is 11.1 Å². The number of amides is 2. The van der Waals surface area contributed by atoms with Crippen LogP contribution in [-0.4, -0.2) is 73.7 Å². The molecular formula is C15H13N9O5S4. The summed E-state index contributed by atoms with van der Waals surface area (Å²) in [6.07, 6.45) is 0. The number of hydrogen-bond donors (Lipinski definition) is 3. The number of hydrogen-bond acceptors (Lipinski definition) is 14. The minimum absolute atomic E-state index is 0.0376. The lowest BCUT2D eigenvalue weighted by molar-refractivity contribution is -0.152. The summed E-state index contributed by atoms with van der Waals surface area (Å²) >= 11 is 7.96. The van der Waals surface area contributed by atoms with E-state index in [0.29, 0.717) is 0 Å². The number of aryl methyl sites for hydroxylation is 1. The van der Waals surface area contributed by atoms with Crippen LogP contribution in [0.3, 0.4) is 0 Å². The second-order valence-corrected chi connectivity index (χ2v) is 10.3. The van der Waals surface area contributed by atoms with Gasteiger partial charge in [0.2, 0.25) is 10.9 Å². The van der Waals surface area contributed by atoms with Gasteiger partial charge in [-0.2, -0.15) is 0 Å². The Morgan fingerprint density at radius 2 is 2.30 bits per heavy atom. The zero-order valence-corrected chi connectivity index (χ0v) is 19.7. The summed E-state index contributed by atoms with van der Waals surface area (Å²) in [5, 5.41) is 27.0. The van der Waals surface area contributed by atoms with Crippen molar-refractivity contribution in [1.29, 1.82) is 0 Å². The Bertz CT molecular complexity index is 1210. The molecule has 2 unspecified atom stereocenters. The second-order valence-electron chi connectivity index (χ2n) is 6.65. The van der Waals surface area contributed by atoms with Crippen molar-refractivity contribution in [3.05, 3.63) is 27.5 Å². The summed E-state index contributed by atoms with van der Waals surface area (Å²) < 4.78 is 2.48. The van der Waals surface area contributed by atoms with Crippen LogP contribution in [-0.2, 0) is 21.4 Å². The minimum Gasteiger partial charge on any atom is -0.477 e. The molecule has 2 aromatic rings. The quantitative estimate of drug-likeness (QED) is 0.179. The molecule has 2 aliphatic heterocycles. The molecule has 2 aliphatic rings. The Labute approximate surface area is 202 Å². The average molecular weight is 528 g/mol. The molecule has 1 saturated heterocycles. The molecular weight excluding hydrogens is 514 g/mol. The molecule has 4 heterocycles. The van der Waals surface area contributed by atoms with E-state index in [1.165, 1.54) is 26.5 Å². The molecule has 1 fully saturated rings. The zero-order valence-electron chi connectivity index (χ0n) is 16.4. The number of carboxylic acid groups (broad SMARTS) is 1. The molecule has 0 saturated carbocycles. The molecule has 2 amide bonds. The minimum atomic E-state index is -1.64. The first-order valence-electron chi connectivity index (χ1n) is 8.86. The number of thiazole rings is 1. The number of rotatable bonds is 8. The van der Waals surface area contributed by atoms with Crippen LogP contribution in [0.25, 0.3) is 5.57 Å². The molecule has 0 aliphatic carbocycles. The van der Waals surface area contributed by atoms with E-state index < -0.39 is 34.1 Å². The van der Waals surface area contributed by atoms with Crippen molar-refractivity contribution in [2.75, 3.05) is 11.5 Å². The molecule has 0 spiro atoms. The number of nitrogen functional groups attached to an aromatic ring is 1.